The Kier molecular flexibility index (Phi) is 16.9. The SMILES string of the molecule is CCCCCCCCC(CCCCCCCC)CCC(C)c1c(C(C)CCCC(C)(C)C)c(=O)c1=O. The normalized spacial score (nSPS) is 14.1. The third kappa shape index (κ3) is 13.0. The van der Waals surface area contributed by atoms with Crippen LogP contribution in [0.5, 0.6) is 0 Å². The molecule has 0 aromatic heterocycles. The fraction of sp³-hybridized carbons (Fsp3) is 0.882. The summed E-state index contributed by atoms with van der Waals surface area (Å²) in [6, 6.07) is 0. The van der Waals surface area contributed by atoms with Crippen LogP contribution in [0.4, 0.5) is 0 Å². The van der Waals surface area contributed by atoms with Crippen LogP contribution in [-0.2, 0) is 0 Å². The van der Waals surface area contributed by atoms with E-state index >= 15 is 0 Å². The first-order valence-electron chi connectivity index (χ1n) is 15.9. The number of unbranched alkanes of at least 4 members (excludes halogenated alkanes) is 10. The smallest absolute Gasteiger partial charge is 0.229 e. The van der Waals surface area contributed by atoms with Crippen LogP contribution in [0.3, 0.4) is 0 Å². The number of hydrogen-bond acceptors (Lipinski definition) is 2. The van der Waals surface area contributed by atoms with Crippen LogP contribution in [-0.4, -0.2) is 0 Å². The molecule has 36 heavy (non-hydrogen) atoms. The zero-order valence-corrected chi connectivity index (χ0v) is 25.5. The molecule has 1 aromatic carbocycles. The molecule has 0 spiro atoms. The van der Waals surface area contributed by atoms with Crippen molar-refractivity contribution in [1.82, 2.24) is 0 Å². The van der Waals surface area contributed by atoms with Crippen LogP contribution in [0.1, 0.15) is 193 Å². The van der Waals surface area contributed by atoms with E-state index in [4.69, 9.17) is 0 Å². The molecule has 2 nitrogen and oxygen atoms in total. The maximum Gasteiger partial charge on any atom is 0.229 e. The molecule has 0 saturated carbocycles. The lowest BCUT2D eigenvalue weighted by atomic mass is 9.78. The zero-order chi connectivity index (χ0) is 27.0. The molecule has 0 radical (unpaired) electrons. The minimum atomic E-state index is -0.184. The maximum absolute atomic E-state index is 12.6. The van der Waals surface area contributed by atoms with E-state index in [1.807, 2.05) is 0 Å². The monoisotopic (exact) mass is 502 g/mol. The third-order valence-corrected chi connectivity index (χ3v) is 8.47. The summed E-state index contributed by atoms with van der Waals surface area (Å²) in [5.74, 6) is 1.23. The van der Waals surface area contributed by atoms with E-state index < -0.39 is 0 Å². The standard InChI is InChI=1S/C34H62O2/c1-8-10-12-14-16-18-22-29(23-19-17-15-13-11-9-2)25-24-28(4)31-30(32(35)33(31)36)27(3)21-20-26-34(5,6)7/h27-29H,8-26H2,1-7H3. The van der Waals surface area contributed by atoms with Gasteiger partial charge in [-0.3, -0.25) is 9.59 Å². The summed E-state index contributed by atoms with van der Waals surface area (Å²) in [5, 5.41) is 0. The lowest BCUT2D eigenvalue weighted by Crippen LogP contribution is -2.42. The van der Waals surface area contributed by atoms with Crippen molar-refractivity contribution < 1.29 is 0 Å². The molecule has 0 bridgehead atoms. The summed E-state index contributed by atoms with van der Waals surface area (Å²) >= 11 is 0. The Morgan fingerprint density at radius 3 is 1.39 bits per heavy atom. The molecule has 0 aliphatic heterocycles. The third-order valence-electron chi connectivity index (χ3n) is 8.47. The van der Waals surface area contributed by atoms with Gasteiger partial charge in [0.05, 0.1) is 0 Å². The van der Waals surface area contributed by atoms with Gasteiger partial charge in [0.2, 0.25) is 10.9 Å². The van der Waals surface area contributed by atoms with Crippen LogP contribution in [0, 0.1) is 11.3 Å². The van der Waals surface area contributed by atoms with Crippen molar-refractivity contribution in [1.29, 1.82) is 0 Å². The molecule has 1 rings (SSSR count). The van der Waals surface area contributed by atoms with Crippen molar-refractivity contribution in [2.75, 3.05) is 0 Å². The summed E-state index contributed by atoms with van der Waals surface area (Å²) in [5.41, 5.74) is 1.73. The van der Waals surface area contributed by atoms with Crippen molar-refractivity contribution in [3.8, 4) is 0 Å². The van der Waals surface area contributed by atoms with Gasteiger partial charge in [0.25, 0.3) is 0 Å². The largest absolute Gasteiger partial charge is 0.285 e. The van der Waals surface area contributed by atoms with Gasteiger partial charge in [-0.15, -0.1) is 0 Å². The highest BCUT2D eigenvalue weighted by Gasteiger charge is 2.29. The molecule has 0 amide bonds. The highest BCUT2D eigenvalue weighted by atomic mass is 16.2. The Labute approximate surface area is 225 Å². The van der Waals surface area contributed by atoms with Gasteiger partial charge < -0.3 is 0 Å². The molecule has 2 unspecified atom stereocenters. The molecule has 1 aromatic rings. The second-order valence-electron chi connectivity index (χ2n) is 13.3. The van der Waals surface area contributed by atoms with Gasteiger partial charge >= 0.3 is 0 Å². The average Bonchev–Trinajstić information content (AvgIpc) is 2.82. The van der Waals surface area contributed by atoms with E-state index in [0.29, 0.717) is 5.41 Å². The van der Waals surface area contributed by atoms with Crippen LogP contribution >= 0.6 is 0 Å². The van der Waals surface area contributed by atoms with Crippen LogP contribution in [0.2, 0.25) is 0 Å². The van der Waals surface area contributed by atoms with Crippen molar-refractivity contribution in [2.45, 2.75) is 182 Å². The molecule has 2 atom stereocenters. The number of rotatable bonds is 22. The molecule has 0 aliphatic carbocycles. The quantitative estimate of drug-likeness (QED) is 0.117. The predicted octanol–water partition coefficient (Wildman–Crippen LogP) is 10.6. The molecular formula is C34H62O2. The summed E-state index contributed by atoms with van der Waals surface area (Å²) in [6.45, 7) is 15.8. The minimum Gasteiger partial charge on any atom is -0.285 e. The highest BCUT2D eigenvalue weighted by Crippen LogP contribution is 2.33. The van der Waals surface area contributed by atoms with E-state index in [9.17, 15) is 9.59 Å². The Bertz CT molecular complexity index is 730. The second-order valence-corrected chi connectivity index (χ2v) is 13.3. The lowest BCUT2D eigenvalue weighted by Gasteiger charge is -2.25. The van der Waals surface area contributed by atoms with Gasteiger partial charge in [-0.05, 0) is 48.9 Å². The Balaban J connectivity index is 2.63. The molecule has 0 aliphatic rings. The molecule has 2 heteroatoms. The van der Waals surface area contributed by atoms with Gasteiger partial charge in [-0.2, -0.15) is 0 Å². The molecule has 0 fully saturated rings. The average molecular weight is 503 g/mol. The highest BCUT2D eigenvalue weighted by molar-refractivity contribution is 5.38. The lowest BCUT2D eigenvalue weighted by molar-refractivity contribution is 0.352. The Hall–Kier alpha value is -0.920. The van der Waals surface area contributed by atoms with Crippen molar-refractivity contribution in [2.24, 2.45) is 11.3 Å². The minimum absolute atomic E-state index is 0.177. The predicted molar refractivity (Wildman–Crippen MR) is 160 cm³/mol. The van der Waals surface area contributed by atoms with Crippen LogP contribution in [0.15, 0.2) is 9.59 Å². The van der Waals surface area contributed by atoms with Crippen LogP contribution < -0.4 is 10.9 Å². The Morgan fingerprint density at radius 2 is 0.944 bits per heavy atom. The van der Waals surface area contributed by atoms with Gasteiger partial charge in [0.1, 0.15) is 0 Å². The van der Waals surface area contributed by atoms with Gasteiger partial charge in [0, 0.05) is 11.1 Å². The van der Waals surface area contributed by atoms with E-state index in [2.05, 4.69) is 48.5 Å². The molecule has 0 N–H and O–H groups in total. The van der Waals surface area contributed by atoms with Gasteiger partial charge in [0.15, 0.2) is 0 Å². The van der Waals surface area contributed by atoms with Crippen molar-refractivity contribution >= 4 is 0 Å². The first-order valence-corrected chi connectivity index (χ1v) is 15.9. The molecular weight excluding hydrogens is 440 g/mol. The van der Waals surface area contributed by atoms with E-state index in [1.54, 1.807) is 0 Å². The first-order chi connectivity index (χ1) is 17.1. The van der Waals surface area contributed by atoms with Crippen molar-refractivity contribution in [3.05, 3.63) is 31.6 Å². The first kappa shape index (κ1) is 33.1. The molecule has 0 saturated heterocycles. The topological polar surface area (TPSA) is 34.1 Å². The number of hydrogen-bond donors (Lipinski definition) is 0. The molecule has 210 valence electrons. The van der Waals surface area contributed by atoms with Crippen molar-refractivity contribution in [3.63, 3.8) is 0 Å². The fourth-order valence-corrected chi connectivity index (χ4v) is 5.98. The second kappa shape index (κ2) is 18.4. The zero-order valence-electron chi connectivity index (χ0n) is 25.5. The summed E-state index contributed by atoms with van der Waals surface area (Å²) in [4.78, 5) is 25.1. The van der Waals surface area contributed by atoms with E-state index in [-0.39, 0.29) is 22.7 Å². The van der Waals surface area contributed by atoms with Crippen LogP contribution in [0.25, 0.3) is 0 Å². The van der Waals surface area contributed by atoms with E-state index in [0.717, 1.165) is 42.7 Å². The molecule has 0 heterocycles. The fourth-order valence-electron chi connectivity index (χ4n) is 5.98. The summed E-state index contributed by atoms with van der Waals surface area (Å²) < 4.78 is 0. The summed E-state index contributed by atoms with van der Waals surface area (Å²) in [7, 11) is 0. The van der Waals surface area contributed by atoms with Gasteiger partial charge in [-0.1, -0.05) is 145 Å². The maximum atomic E-state index is 12.6. The summed E-state index contributed by atoms with van der Waals surface area (Å²) in [6.07, 6.45) is 24.6. The Morgan fingerprint density at radius 1 is 0.528 bits per heavy atom. The van der Waals surface area contributed by atoms with E-state index in [1.165, 1.54) is 96.3 Å². The van der Waals surface area contributed by atoms with Gasteiger partial charge in [-0.25, -0.2) is 0 Å².